The van der Waals surface area contributed by atoms with Crippen molar-refractivity contribution in [2.75, 3.05) is 7.11 Å². The number of carbonyl (C=O) groups excluding carboxylic acids is 1. The summed E-state index contributed by atoms with van der Waals surface area (Å²) in [6.07, 6.45) is 3.01. The van der Waals surface area contributed by atoms with Gasteiger partial charge in [0.15, 0.2) is 11.5 Å². The van der Waals surface area contributed by atoms with Gasteiger partial charge in [0, 0.05) is 6.08 Å². The summed E-state index contributed by atoms with van der Waals surface area (Å²) >= 11 is 0. The third-order valence-corrected chi connectivity index (χ3v) is 1.99. The molecule has 2 N–H and O–H groups in total. The molecule has 0 fully saturated rings. The molecule has 0 aliphatic rings. The van der Waals surface area contributed by atoms with E-state index in [0.29, 0.717) is 11.5 Å². The Bertz CT molecular complexity index is 425. The molecule has 0 saturated carbocycles. The molecule has 0 radical (unpaired) electrons. The molecular weight excluding hydrogens is 218 g/mol. The summed E-state index contributed by atoms with van der Waals surface area (Å²) in [4.78, 5) is 10.6. The van der Waals surface area contributed by atoms with Crippen molar-refractivity contribution in [1.29, 1.82) is 0 Å². The van der Waals surface area contributed by atoms with E-state index >= 15 is 0 Å². The third-order valence-electron chi connectivity index (χ3n) is 1.99. The normalized spacial score (nSPS) is 10.8. The van der Waals surface area contributed by atoms with Crippen LogP contribution >= 0.6 is 0 Å². The first kappa shape index (κ1) is 13.1. The third kappa shape index (κ3) is 4.18. The van der Waals surface area contributed by atoms with E-state index in [2.05, 4.69) is 0 Å². The first-order chi connectivity index (χ1) is 8.02. The topological polar surface area (TPSA) is 61.5 Å². The molecule has 1 aromatic rings. The Labute approximate surface area is 101 Å². The highest BCUT2D eigenvalue weighted by atomic mass is 16.5. The van der Waals surface area contributed by atoms with Gasteiger partial charge in [0.1, 0.15) is 0 Å². The average Bonchev–Trinajstić information content (AvgIpc) is 2.26. The van der Waals surface area contributed by atoms with Gasteiger partial charge in [-0.3, -0.25) is 4.79 Å². The van der Waals surface area contributed by atoms with Gasteiger partial charge in [-0.15, -0.1) is 0 Å². The Morgan fingerprint density at radius 2 is 2.06 bits per heavy atom. The van der Waals surface area contributed by atoms with Crippen LogP contribution in [0.4, 0.5) is 0 Å². The lowest BCUT2D eigenvalue weighted by molar-refractivity contribution is -0.113. The second kappa shape index (κ2) is 5.94. The highest BCUT2D eigenvalue weighted by molar-refractivity contribution is 5.90. The van der Waals surface area contributed by atoms with Crippen molar-refractivity contribution in [2.24, 2.45) is 5.73 Å². The van der Waals surface area contributed by atoms with Gasteiger partial charge in [-0.05, 0) is 37.6 Å². The molecule has 0 saturated heterocycles. The summed E-state index contributed by atoms with van der Waals surface area (Å²) in [7, 11) is 1.57. The van der Waals surface area contributed by atoms with Crippen molar-refractivity contribution in [1.82, 2.24) is 0 Å². The second-order valence-electron chi connectivity index (χ2n) is 3.81. The molecule has 0 heterocycles. The average molecular weight is 235 g/mol. The van der Waals surface area contributed by atoms with Crippen LogP contribution in [0.3, 0.4) is 0 Å². The van der Waals surface area contributed by atoms with Crippen molar-refractivity contribution in [3.63, 3.8) is 0 Å². The van der Waals surface area contributed by atoms with Crippen LogP contribution in [-0.2, 0) is 4.79 Å². The number of ether oxygens (including phenoxy) is 2. The molecule has 92 valence electrons. The van der Waals surface area contributed by atoms with Gasteiger partial charge < -0.3 is 15.2 Å². The lowest BCUT2D eigenvalue weighted by Gasteiger charge is -2.13. The molecule has 4 heteroatoms. The van der Waals surface area contributed by atoms with Crippen LogP contribution in [-0.4, -0.2) is 19.1 Å². The molecule has 1 amide bonds. The number of benzene rings is 1. The van der Waals surface area contributed by atoms with Crippen molar-refractivity contribution in [3.05, 3.63) is 29.8 Å². The number of hydrogen-bond acceptors (Lipinski definition) is 3. The van der Waals surface area contributed by atoms with Gasteiger partial charge in [0.05, 0.1) is 13.2 Å². The molecule has 1 rings (SSSR count). The SMILES string of the molecule is COc1cc(C=CC(N)=O)ccc1OC(C)C. The molecular formula is C13H17NO3. The zero-order valence-electron chi connectivity index (χ0n) is 10.3. The summed E-state index contributed by atoms with van der Waals surface area (Å²) in [6.45, 7) is 3.89. The van der Waals surface area contributed by atoms with E-state index in [1.807, 2.05) is 19.9 Å². The number of primary amides is 1. The number of hydrogen-bond donors (Lipinski definition) is 1. The van der Waals surface area contributed by atoms with E-state index in [9.17, 15) is 4.79 Å². The Hall–Kier alpha value is -1.97. The molecule has 0 spiro atoms. The molecule has 0 aliphatic heterocycles. The standard InChI is InChI=1S/C13H17NO3/c1-9(2)17-11-6-4-10(5-7-13(14)15)8-12(11)16-3/h4-9H,1-3H3,(H2,14,15). The van der Waals surface area contributed by atoms with Crippen LogP contribution in [0.2, 0.25) is 0 Å². The van der Waals surface area contributed by atoms with E-state index in [1.54, 1.807) is 25.3 Å². The fourth-order valence-corrected chi connectivity index (χ4v) is 1.32. The van der Waals surface area contributed by atoms with E-state index in [-0.39, 0.29) is 6.10 Å². The summed E-state index contributed by atoms with van der Waals surface area (Å²) in [5.41, 5.74) is 5.86. The Morgan fingerprint density at radius 1 is 1.35 bits per heavy atom. The summed E-state index contributed by atoms with van der Waals surface area (Å²) in [5.74, 6) is 0.829. The minimum Gasteiger partial charge on any atom is -0.493 e. The lowest BCUT2D eigenvalue weighted by atomic mass is 10.2. The number of rotatable bonds is 5. The predicted octanol–water partition coefficient (Wildman–Crippen LogP) is 1.98. The van der Waals surface area contributed by atoms with Gasteiger partial charge in [0.2, 0.25) is 5.91 Å². The minimum atomic E-state index is -0.480. The molecule has 0 aromatic heterocycles. The van der Waals surface area contributed by atoms with Crippen molar-refractivity contribution in [3.8, 4) is 11.5 Å². The molecule has 0 aliphatic carbocycles. The number of methoxy groups -OCH3 is 1. The van der Waals surface area contributed by atoms with Crippen LogP contribution < -0.4 is 15.2 Å². The summed E-state index contributed by atoms with van der Waals surface area (Å²) < 4.78 is 10.8. The van der Waals surface area contributed by atoms with Crippen molar-refractivity contribution in [2.45, 2.75) is 20.0 Å². The summed E-state index contributed by atoms with van der Waals surface area (Å²) in [5, 5.41) is 0. The Kier molecular flexibility index (Phi) is 4.57. The van der Waals surface area contributed by atoms with Crippen molar-refractivity contribution < 1.29 is 14.3 Å². The molecule has 0 unspecified atom stereocenters. The Morgan fingerprint density at radius 3 is 2.59 bits per heavy atom. The van der Waals surface area contributed by atoms with Gasteiger partial charge in [-0.25, -0.2) is 0 Å². The van der Waals surface area contributed by atoms with Crippen LogP contribution in [0.25, 0.3) is 6.08 Å². The van der Waals surface area contributed by atoms with Crippen LogP contribution in [0, 0.1) is 0 Å². The van der Waals surface area contributed by atoms with Crippen LogP contribution in [0.1, 0.15) is 19.4 Å². The minimum absolute atomic E-state index is 0.0795. The largest absolute Gasteiger partial charge is 0.493 e. The fourth-order valence-electron chi connectivity index (χ4n) is 1.32. The maximum Gasteiger partial charge on any atom is 0.241 e. The zero-order chi connectivity index (χ0) is 12.8. The highest BCUT2D eigenvalue weighted by Crippen LogP contribution is 2.29. The fraction of sp³-hybridized carbons (Fsp3) is 0.308. The number of amides is 1. The van der Waals surface area contributed by atoms with E-state index < -0.39 is 5.91 Å². The molecule has 1 aromatic carbocycles. The van der Waals surface area contributed by atoms with Crippen LogP contribution in [0.5, 0.6) is 11.5 Å². The number of carbonyl (C=O) groups is 1. The van der Waals surface area contributed by atoms with E-state index in [1.165, 1.54) is 6.08 Å². The Balaban J connectivity index is 2.95. The van der Waals surface area contributed by atoms with Crippen molar-refractivity contribution >= 4 is 12.0 Å². The molecule has 4 nitrogen and oxygen atoms in total. The van der Waals surface area contributed by atoms with Gasteiger partial charge in [0.25, 0.3) is 0 Å². The molecule has 17 heavy (non-hydrogen) atoms. The molecule has 0 bridgehead atoms. The summed E-state index contributed by atoms with van der Waals surface area (Å²) in [6, 6.07) is 5.43. The van der Waals surface area contributed by atoms with E-state index in [4.69, 9.17) is 15.2 Å². The monoisotopic (exact) mass is 235 g/mol. The molecule has 0 atom stereocenters. The highest BCUT2D eigenvalue weighted by Gasteiger charge is 2.06. The second-order valence-corrected chi connectivity index (χ2v) is 3.81. The van der Waals surface area contributed by atoms with Crippen LogP contribution in [0.15, 0.2) is 24.3 Å². The first-order valence-corrected chi connectivity index (χ1v) is 5.35. The number of nitrogens with two attached hydrogens (primary N) is 1. The van der Waals surface area contributed by atoms with Gasteiger partial charge in [-0.2, -0.15) is 0 Å². The lowest BCUT2D eigenvalue weighted by Crippen LogP contribution is -2.07. The maximum absolute atomic E-state index is 10.6. The van der Waals surface area contributed by atoms with Gasteiger partial charge in [-0.1, -0.05) is 6.07 Å². The van der Waals surface area contributed by atoms with E-state index in [0.717, 1.165) is 5.56 Å². The quantitative estimate of drug-likeness (QED) is 0.794. The predicted molar refractivity (Wildman–Crippen MR) is 67.0 cm³/mol. The zero-order valence-corrected chi connectivity index (χ0v) is 10.3. The smallest absolute Gasteiger partial charge is 0.241 e. The maximum atomic E-state index is 10.6. The first-order valence-electron chi connectivity index (χ1n) is 5.35. The van der Waals surface area contributed by atoms with Gasteiger partial charge >= 0.3 is 0 Å².